The molecule has 0 bridgehead atoms. The predicted octanol–water partition coefficient (Wildman–Crippen LogP) is -0.122. The summed E-state index contributed by atoms with van der Waals surface area (Å²) in [6.45, 7) is 4.06. The number of rotatable bonds is 5. The molecule has 1 saturated heterocycles. The first-order chi connectivity index (χ1) is 7.61. The highest BCUT2D eigenvalue weighted by Gasteiger charge is 2.42. The van der Waals surface area contributed by atoms with E-state index < -0.39 is 24.6 Å². The molecule has 5 atom stereocenters. The van der Waals surface area contributed by atoms with Crippen LogP contribution in [0.2, 0.25) is 0 Å². The molecule has 0 saturated carbocycles. The third kappa shape index (κ3) is 3.15. The average molecular weight is 234 g/mol. The van der Waals surface area contributed by atoms with Crippen molar-refractivity contribution < 1.29 is 24.8 Å². The molecule has 1 aliphatic rings. The van der Waals surface area contributed by atoms with Crippen LogP contribution < -0.4 is 0 Å². The van der Waals surface area contributed by atoms with E-state index in [9.17, 15) is 10.2 Å². The van der Waals surface area contributed by atoms with Crippen LogP contribution in [0.15, 0.2) is 0 Å². The van der Waals surface area contributed by atoms with E-state index in [0.717, 1.165) is 12.8 Å². The molecule has 5 heteroatoms. The quantitative estimate of drug-likeness (QED) is 0.578. The Balaban J connectivity index is 2.50. The Hall–Kier alpha value is -0.200. The van der Waals surface area contributed by atoms with E-state index in [0.29, 0.717) is 6.61 Å². The molecule has 0 amide bonds. The molecule has 0 radical (unpaired) electrons. The van der Waals surface area contributed by atoms with Gasteiger partial charge in [0.25, 0.3) is 0 Å². The first kappa shape index (κ1) is 13.9. The van der Waals surface area contributed by atoms with Gasteiger partial charge in [0.1, 0.15) is 12.2 Å². The highest BCUT2D eigenvalue weighted by Crippen LogP contribution is 2.26. The van der Waals surface area contributed by atoms with Gasteiger partial charge in [0.15, 0.2) is 6.29 Å². The van der Waals surface area contributed by atoms with E-state index in [1.54, 1.807) is 6.92 Å². The molecular weight excluding hydrogens is 212 g/mol. The molecule has 0 aromatic heterocycles. The standard InChI is InChI=1S/C11H22O5/c1-3-4-5-15-11-7(2)9(13)10(14)8(6-12)16-11/h7-14H,3-6H2,1-2H3/t7?,8?,9-,10-,11+/m1/s1. The monoisotopic (exact) mass is 234 g/mol. The maximum atomic E-state index is 9.75. The fourth-order valence-electron chi connectivity index (χ4n) is 1.75. The normalized spacial score (nSPS) is 39.9. The Bertz CT molecular complexity index is 197. The summed E-state index contributed by atoms with van der Waals surface area (Å²) < 4.78 is 10.9. The van der Waals surface area contributed by atoms with Crippen molar-refractivity contribution in [3.05, 3.63) is 0 Å². The van der Waals surface area contributed by atoms with Crippen molar-refractivity contribution in [1.29, 1.82) is 0 Å². The summed E-state index contributed by atoms with van der Waals surface area (Å²) >= 11 is 0. The van der Waals surface area contributed by atoms with Crippen LogP contribution in [0.3, 0.4) is 0 Å². The van der Waals surface area contributed by atoms with Crippen LogP contribution in [-0.4, -0.2) is 53.1 Å². The molecule has 0 spiro atoms. The Morgan fingerprint density at radius 1 is 1.25 bits per heavy atom. The number of aliphatic hydroxyl groups is 3. The molecule has 1 aliphatic heterocycles. The zero-order chi connectivity index (χ0) is 12.1. The van der Waals surface area contributed by atoms with E-state index in [1.807, 2.05) is 0 Å². The maximum absolute atomic E-state index is 9.75. The Labute approximate surface area is 96.0 Å². The SMILES string of the molecule is CCCCO[C@H]1OC(CO)[C@@H](O)[C@H](O)C1C. The summed E-state index contributed by atoms with van der Waals surface area (Å²) in [4.78, 5) is 0. The van der Waals surface area contributed by atoms with Crippen molar-refractivity contribution in [1.82, 2.24) is 0 Å². The number of ether oxygens (including phenoxy) is 2. The lowest BCUT2D eigenvalue weighted by Crippen LogP contribution is -2.55. The highest BCUT2D eigenvalue weighted by atomic mass is 16.7. The number of hydrogen-bond acceptors (Lipinski definition) is 5. The Kier molecular flexibility index (Phi) is 5.64. The van der Waals surface area contributed by atoms with Gasteiger partial charge in [-0.15, -0.1) is 0 Å². The van der Waals surface area contributed by atoms with Gasteiger partial charge < -0.3 is 24.8 Å². The molecular formula is C11H22O5. The Morgan fingerprint density at radius 3 is 2.50 bits per heavy atom. The zero-order valence-electron chi connectivity index (χ0n) is 9.87. The topological polar surface area (TPSA) is 79.2 Å². The fraction of sp³-hybridized carbons (Fsp3) is 1.00. The second-order valence-corrected chi connectivity index (χ2v) is 4.29. The first-order valence-electron chi connectivity index (χ1n) is 5.85. The second-order valence-electron chi connectivity index (χ2n) is 4.29. The minimum Gasteiger partial charge on any atom is -0.394 e. The van der Waals surface area contributed by atoms with Gasteiger partial charge in [0, 0.05) is 12.5 Å². The number of unbranched alkanes of at least 4 members (excludes halogenated alkanes) is 1. The van der Waals surface area contributed by atoms with Crippen LogP contribution in [0, 0.1) is 5.92 Å². The molecule has 1 rings (SSSR count). The predicted molar refractivity (Wildman–Crippen MR) is 57.8 cm³/mol. The molecule has 2 unspecified atom stereocenters. The smallest absolute Gasteiger partial charge is 0.163 e. The third-order valence-corrected chi connectivity index (χ3v) is 2.97. The van der Waals surface area contributed by atoms with Gasteiger partial charge in [-0.3, -0.25) is 0 Å². The molecule has 16 heavy (non-hydrogen) atoms. The lowest BCUT2D eigenvalue weighted by atomic mass is 9.92. The molecule has 0 aromatic carbocycles. The van der Waals surface area contributed by atoms with Crippen LogP contribution in [0.25, 0.3) is 0 Å². The van der Waals surface area contributed by atoms with Gasteiger partial charge >= 0.3 is 0 Å². The number of aliphatic hydroxyl groups excluding tert-OH is 3. The van der Waals surface area contributed by atoms with Gasteiger partial charge in [0.2, 0.25) is 0 Å². The van der Waals surface area contributed by atoms with Gasteiger partial charge in [0.05, 0.1) is 12.7 Å². The second kappa shape index (κ2) is 6.51. The molecule has 1 heterocycles. The minimum absolute atomic E-state index is 0.297. The van der Waals surface area contributed by atoms with E-state index in [4.69, 9.17) is 14.6 Å². The van der Waals surface area contributed by atoms with Gasteiger partial charge in [-0.25, -0.2) is 0 Å². The molecule has 0 aliphatic carbocycles. The van der Waals surface area contributed by atoms with Gasteiger partial charge in [-0.1, -0.05) is 20.3 Å². The summed E-state index contributed by atoms with van der Waals surface area (Å²) in [7, 11) is 0. The highest BCUT2D eigenvalue weighted by molar-refractivity contribution is 4.86. The maximum Gasteiger partial charge on any atom is 0.163 e. The van der Waals surface area contributed by atoms with Crippen LogP contribution >= 0.6 is 0 Å². The molecule has 96 valence electrons. The van der Waals surface area contributed by atoms with E-state index in [-0.39, 0.29) is 12.5 Å². The summed E-state index contributed by atoms with van der Waals surface area (Å²) in [5, 5.41) is 28.4. The van der Waals surface area contributed by atoms with Gasteiger partial charge in [-0.05, 0) is 6.42 Å². The largest absolute Gasteiger partial charge is 0.394 e. The van der Waals surface area contributed by atoms with Crippen molar-refractivity contribution >= 4 is 0 Å². The molecule has 5 nitrogen and oxygen atoms in total. The molecule has 3 N–H and O–H groups in total. The average Bonchev–Trinajstić information content (AvgIpc) is 2.29. The minimum atomic E-state index is -1.05. The first-order valence-corrected chi connectivity index (χ1v) is 5.85. The van der Waals surface area contributed by atoms with Crippen molar-refractivity contribution in [3.8, 4) is 0 Å². The van der Waals surface area contributed by atoms with Gasteiger partial charge in [-0.2, -0.15) is 0 Å². The van der Waals surface area contributed by atoms with E-state index in [1.165, 1.54) is 0 Å². The van der Waals surface area contributed by atoms with Crippen LogP contribution in [0.5, 0.6) is 0 Å². The van der Waals surface area contributed by atoms with Crippen LogP contribution in [-0.2, 0) is 9.47 Å². The fourth-order valence-corrected chi connectivity index (χ4v) is 1.75. The third-order valence-electron chi connectivity index (χ3n) is 2.97. The van der Waals surface area contributed by atoms with Crippen molar-refractivity contribution in [2.75, 3.05) is 13.2 Å². The van der Waals surface area contributed by atoms with E-state index >= 15 is 0 Å². The summed E-state index contributed by atoms with van der Waals surface area (Å²) in [5.41, 5.74) is 0. The molecule has 0 aromatic rings. The lowest BCUT2D eigenvalue weighted by Gasteiger charge is -2.40. The van der Waals surface area contributed by atoms with Crippen molar-refractivity contribution in [2.45, 2.75) is 51.3 Å². The van der Waals surface area contributed by atoms with Crippen LogP contribution in [0.4, 0.5) is 0 Å². The zero-order valence-corrected chi connectivity index (χ0v) is 9.87. The van der Waals surface area contributed by atoms with Crippen LogP contribution in [0.1, 0.15) is 26.7 Å². The summed E-state index contributed by atoms with van der Waals surface area (Å²) in [5.74, 6) is -0.297. The molecule has 1 fully saturated rings. The summed E-state index contributed by atoms with van der Waals surface area (Å²) in [6, 6.07) is 0. The van der Waals surface area contributed by atoms with E-state index in [2.05, 4.69) is 6.92 Å². The number of hydrogen-bond donors (Lipinski definition) is 3. The van der Waals surface area contributed by atoms with Crippen molar-refractivity contribution in [3.63, 3.8) is 0 Å². The Morgan fingerprint density at radius 2 is 1.94 bits per heavy atom. The van der Waals surface area contributed by atoms with Crippen molar-refractivity contribution in [2.24, 2.45) is 5.92 Å². The summed E-state index contributed by atoms with van der Waals surface area (Å²) in [6.07, 6.45) is -1.34. The lowest BCUT2D eigenvalue weighted by molar-refractivity contribution is -0.282.